The first-order valence-corrected chi connectivity index (χ1v) is 19.3. The van der Waals surface area contributed by atoms with Gasteiger partial charge in [-0.25, -0.2) is 4.79 Å². The highest BCUT2D eigenvalue weighted by molar-refractivity contribution is 6.39. The van der Waals surface area contributed by atoms with E-state index in [0.717, 1.165) is 18.4 Å². The molecule has 10 atom stereocenters. The second kappa shape index (κ2) is 18.7. The Hall–Kier alpha value is -2.48. The van der Waals surface area contributed by atoms with Crippen molar-refractivity contribution in [2.24, 2.45) is 23.7 Å². The minimum absolute atomic E-state index is 0.0575. The first-order chi connectivity index (χ1) is 24.6. The molecular weight excluding hydrogens is 670 g/mol. The van der Waals surface area contributed by atoms with Crippen LogP contribution in [0.15, 0.2) is 23.3 Å². The molecule has 1 amide bonds. The van der Waals surface area contributed by atoms with Crippen LogP contribution in [0.3, 0.4) is 0 Å². The van der Waals surface area contributed by atoms with Crippen LogP contribution in [-0.4, -0.2) is 113 Å². The molecule has 0 radical (unpaired) electrons. The van der Waals surface area contributed by atoms with Gasteiger partial charge in [0.1, 0.15) is 24.0 Å². The average Bonchev–Trinajstić information content (AvgIpc) is 3.12. The highest BCUT2D eigenvalue weighted by Gasteiger charge is 2.56. The molecule has 4 rings (SSSR count). The van der Waals surface area contributed by atoms with Gasteiger partial charge in [-0.15, -0.1) is 0 Å². The van der Waals surface area contributed by atoms with Crippen LogP contribution in [0.2, 0.25) is 0 Å². The van der Waals surface area contributed by atoms with Crippen molar-refractivity contribution >= 4 is 23.4 Å². The summed E-state index contributed by atoms with van der Waals surface area (Å²) in [5, 5.41) is 33.3. The van der Waals surface area contributed by atoms with Gasteiger partial charge < -0.3 is 39.2 Å². The number of hydrogen-bond donors (Lipinski definition) is 3. The van der Waals surface area contributed by atoms with Crippen LogP contribution in [0.1, 0.15) is 112 Å². The summed E-state index contributed by atoms with van der Waals surface area (Å²) < 4.78 is 24.0. The van der Waals surface area contributed by atoms with Gasteiger partial charge in [-0.3, -0.25) is 14.4 Å². The molecule has 52 heavy (non-hydrogen) atoms. The lowest BCUT2D eigenvalue weighted by atomic mass is 9.82. The molecule has 1 saturated carbocycles. The quantitative estimate of drug-likeness (QED) is 0.215. The molecule has 4 aliphatic rings. The summed E-state index contributed by atoms with van der Waals surface area (Å²) in [4.78, 5) is 56.7. The van der Waals surface area contributed by atoms with E-state index in [-0.39, 0.29) is 56.0 Å². The molecule has 0 aromatic heterocycles. The number of ether oxygens (including phenoxy) is 4. The van der Waals surface area contributed by atoms with E-state index in [1.165, 1.54) is 19.1 Å². The zero-order chi connectivity index (χ0) is 38.3. The summed E-state index contributed by atoms with van der Waals surface area (Å²) in [6.07, 6.45) is 5.22. The number of piperidine rings is 1. The Bertz CT molecular complexity index is 1320. The molecule has 10 unspecified atom stereocenters. The monoisotopic (exact) mass is 733 g/mol. The summed E-state index contributed by atoms with van der Waals surface area (Å²) in [5.41, 5.74) is 1.70. The number of amides is 1. The second-order valence-electron chi connectivity index (χ2n) is 16.1. The van der Waals surface area contributed by atoms with Crippen molar-refractivity contribution < 1.29 is 53.4 Å². The smallest absolute Gasteiger partial charge is 0.329 e. The zero-order valence-electron chi connectivity index (χ0n) is 32.3. The van der Waals surface area contributed by atoms with Gasteiger partial charge in [-0.1, -0.05) is 38.5 Å². The van der Waals surface area contributed by atoms with E-state index < -0.39 is 71.8 Å². The number of ketones is 2. The second-order valence-corrected chi connectivity index (χ2v) is 16.1. The van der Waals surface area contributed by atoms with Crippen molar-refractivity contribution in [3.05, 3.63) is 23.3 Å². The Morgan fingerprint density at radius 1 is 0.942 bits per heavy atom. The molecule has 0 aromatic carbocycles. The maximum absolute atomic E-state index is 14.1. The highest BCUT2D eigenvalue weighted by atomic mass is 16.7. The zero-order valence-corrected chi connectivity index (χ0v) is 32.3. The lowest BCUT2D eigenvalue weighted by Gasteiger charge is -2.47. The number of aliphatic hydroxyl groups excluding tert-OH is 2. The molecule has 0 spiro atoms. The summed E-state index contributed by atoms with van der Waals surface area (Å²) in [5.74, 6) is -6.79. The topological polar surface area (TPSA) is 169 Å². The Kier molecular flexibility index (Phi) is 15.2. The molecular formula is C40H63NO11. The lowest BCUT2D eigenvalue weighted by Crippen LogP contribution is -2.64. The third-order valence-electron chi connectivity index (χ3n) is 11.9. The number of allylic oxidation sites excluding steroid dienone is 3. The van der Waals surface area contributed by atoms with Crippen LogP contribution in [-0.2, 0) is 38.1 Å². The minimum Gasteiger partial charge on any atom is -0.456 e. The summed E-state index contributed by atoms with van der Waals surface area (Å²) >= 11 is 0. The van der Waals surface area contributed by atoms with E-state index >= 15 is 0 Å². The maximum Gasteiger partial charge on any atom is 0.329 e. The predicted octanol–water partition coefficient (Wildman–Crippen LogP) is 4.21. The number of aliphatic hydroxyl groups is 3. The van der Waals surface area contributed by atoms with E-state index in [1.807, 2.05) is 32.9 Å². The number of fused-ring (bicyclic) bond motifs is 3. The number of carbonyl (C=O) groups is 4. The number of methoxy groups -OCH3 is 2. The fraction of sp³-hybridized carbons (Fsp3) is 0.800. The van der Waals surface area contributed by atoms with Gasteiger partial charge in [0.2, 0.25) is 5.79 Å². The van der Waals surface area contributed by atoms with Crippen LogP contribution >= 0.6 is 0 Å². The van der Waals surface area contributed by atoms with E-state index in [1.54, 1.807) is 13.8 Å². The Morgan fingerprint density at radius 3 is 2.25 bits per heavy atom. The molecule has 12 heteroatoms. The molecule has 3 N–H and O–H groups in total. The molecule has 294 valence electrons. The fourth-order valence-corrected chi connectivity index (χ4v) is 8.59. The van der Waals surface area contributed by atoms with Gasteiger partial charge in [-0.05, 0) is 95.5 Å². The number of cyclic esters (lactones) is 1. The molecule has 3 aliphatic heterocycles. The summed E-state index contributed by atoms with van der Waals surface area (Å²) in [7, 11) is 3.06. The number of hydrogen-bond acceptors (Lipinski definition) is 11. The van der Waals surface area contributed by atoms with E-state index in [4.69, 9.17) is 18.9 Å². The maximum atomic E-state index is 14.1. The minimum atomic E-state index is -2.48. The van der Waals surface area contributed by atoms with E-state index in [9.17, 15) is 34.5 Å². The Labute approximate surface area is 309 Å². The number of carbonyl (C=O) groups excluding carboxylic acids is 4. The summed E-state index contributed by atoms with van der Waals surface area (Å²) in [6, 6.07) is -1.10. The normalized spacial score (nSPS) is 41.0. The molecule has 2 saturated heterocycles. The predicted molar refractivity (Wildman–Crippen MR) is 193 cm³/mol. The number of nitrogens with zero attached hydrogens (tertiary/aromatic N) is 1. The third kappa shape index (κ3) is 10.2. The average molecular weight is 734 g/mol. The molecule has 3 fully saturated rings. The van der Waals surface area contributed by atoms with Crippen molar-refractivity contribution in [3.63, 3.8) is 0 Å². The first kappa shape index (κ1) is 42.3. The van der Waals surface area contributed by atoms with Crippen LogP contribution in [0.4, 0.5) is 0 Å². The van der Waals surface area contributed by atoms with Gasteiger partial charge in [0, 0.05) is 45.4 Å². The third-order valence-corrected chi connectivity index (χ3v) is 11.9. The lowest BCUT2D eigenvalue weighted by molar-refractivity contribution is -0.302. The number of Topliss-reactive ketones (excluding diaryl/α,β-unsaturated/α-hetero) is 2. The molecule has 2 bridgehead atoms. The number of esters is 1. The number of rotatable bonds is 4. The van der Waals surface area contributed by atoms with Gasteiger partial charge in [-0.2, -0.15) is 0 Å². The van der Waals surface area contributed by atoms with Gasteiger partial charge >= 0.3 is 5.97 Å². The van der Waals surface area contributed by atoms with Gasteiger partial charge in [0.15, 0.2) is 0 Å². The van der Waals surface area contributed by atoms with E-state index in [0.29, 0.717) is 44.1 Å². The summed E-state index contributed by atoms with van der Waals surface area (Å²) in [6.45, 7) is 9.32. The molecule has 0 aromatic rings. The highest BCUT2D eigenvalue weighted by Crippen LogP contribution is 2.39. The van der Waals surface area contributed by atoms with Crippen molar-refractivity contribution in [2.45, 2.75) is 160 Å². The Balaban J connectivity index is 1.72. The molecule has 12 nitrogen and oxygen atoms in total. The van der Waals surface area contributed by atoms with Gasteiger partial charge in [0.05, 0.1) is 24.4 Å². The van der Waals surface area contributed by atoms with E-state index in [2.05, 4.69) is 0 Å². The molecule has 3 heterocycles. The fourth-order valence-electron chi connectivity index (χ4n) is 8.59. The van der Waals surface area contributed by atoms with Gasteiger partial charge in [0.25, 0.3) is 11.7 Å². The van der Waals surface area contributed by atoms with Crippen LogP contribution in [0.25, 0.3) is 0 Å². The Morgan fingerprint density at radius 2 is 1.60 bits per heavy atom. The van der Waals surface area contributed by atoms with Crippen molar-refractivity contribution in [1.82, 2.24) is 4.90 Å². The first-order valence-electron chi connectivity index (χ1n) is 19.3. The van der Waals surface area contributed by atoms with Crippen LogP contribution < -0.4 is 0 Å². The van der Waals surface area contributed by atoms with Crippen molar-refractivity contribution in [3.8, 4) is 0 Å². The largest absolute Gasteiger partial charge is 0.456 e. The van der Waals surface area contributed by atoms with Crippen molar-refractivity contribution in [2.75, 3.05) is 20.8 Å². The van der Waals surface area contributed by atoms with Crippen molar-refractivity contribution in [1.29, 1.82) is 0 Å². The standard InChI is InChI=1S/C40H63NO11/c1-23-11-14-30(43)22-32(44)27(5)35(25(3)20-28-12-15-29(42)16-13-28)51-39(47)31-10-8-9-17-41(31)38(46)37(45)40(48)26(4)21-34(50-7)36(52-40)33(49-6)19-24(2)18-23/h11,20,24,26-29,31-36,42,44,48H,8-10,12-19,21-22H2,1-7H3/b23-11-,25-20+. The SMILES string of the molecule is COC1CC(C)C/C(C)=C\CC(=O)CC(O)C(C)C(/C(C)=C/C2CCC(O)CC2)OC(=O)C2CCCCN2C(=O)C(=O)C2(O)OC1C(OC)CC2C. The van der Waals surface area contributed by atoms with Crippen LogP contribution in [0, 0.1) is 23.7 Å². The molecule has 1 aliphatic carbocycles. The van der Waals surface area contributed by atoms with Crippen LogP contribution in [0.5, 0.6) is 0 Å².